The number of hydrogen-bond acceptors (Lipinski definition) is 6. The molecule has 1 aliphatic rings. The van der Waals surface area contributed by atoms with Crippen LogP contribution in [0.15, 0.2) is 42.5 Å². The van der Waals surface area contributed by atoms with Gasteiger partial charge in [0.1, 0.15) is 19.0 Å². The summed E-state index contributed by atoms with van der Waals surface area (Å²) < 4.78 is 61.3. The molecule has 9 heteroatoms. The number of rotatable bonds is 5. The van der Waals surface area contributed by atoms with Gasteiger partial charge < -0.3 is 18.9 Å². The highest BCUT2D eigenvalue weighted by molar-refractivity contribution is 5.75. The third-order valence-electron chi connectivity index (χ3n) is 4.03. The van der Waals surface area contributed by atoms with Crippen LogP contribution in [0.4, 0.5) is 13.2 Å². The van der Waals surface area contributed by atoms with Crippen LogP contribution in [0.1, 0.15) is 24.2 Å². The molecule has 2 aromatic carbocycles. The van der Waals surface area contributed by atoms with Crippen molar-refractivity contribution in [3.05, 3.63) is 53.6 Å². The molecule has 2 atom stereocenters. The van der Waals surface area contributed by atoms with E-state index in [-0.39, 0.29) is 23.7 Å². The van der Waals surface area contributed by atoms with Crippen molar-refractivity contribution >= 4 is 5.97 Å². The van der Waals surface area contributed by atoms with Gasteiger partial charge in [-0.2, -0.15) is 18.4 Å². The maximum Gasteiger partial charge on any atom is 0.429 e. The molecule has 0 N–H and O–H groups in total. The highest BCUT2D eigenvalue weighted by atomic mass is 19.4. The molecular formula is C20H16F3NO5. The predicted octanol–water partition coefficient (Wildman–Crippen LogP) is 3.94. The first-order chi connectivity index (χ1) is 13.8. The molecule has 1 heterocycles. The topological polar surface area (TPSA) is 77.8 Å². The van der Waals surface area contributed by atoms with Crippen molar-refractivity contribution in [1.29, 1.82) is 5.26 Å². The minimum absolute atomic E-state index is 0.154. The van der Waals surface area contributed by atoms with Crippen molar-refractivity contribution < 1.29 is 36.9 Å². The van der Waals surface area contributed by atoms with Crippen LogP contribution >= 0.6 is 0 Å². The van der Waals surface area contributed by atoms with Gasteiger partial charge in [-0.15, -0.1) is 0 Å². The van der Waals surface area contributed by atoms with Crippen molar-refractivity contribution in [2.75, 3.05) is 13.2 Å². The summed E-state index contributed by atoms with van der Waals surface area (Å²) in [6, 6.07) is 11.4. The normalized spacial score (nSPS) is 15.0. The molecule has 2 aromatic rings. The molecule has 2 unspecified atom stereocenters. The van der Waals surface area contributed by atoms with Crippen molar-refractivity contribution in [1.82, 2.24) is 0 Å². The van der Waals surface area contributed by atoms with Gasteiger partial charge in [0.15, 0.2) is 17.6 Å². The number of nitrogens with zero attached hydrogens (tertiary/aromatic N) is 1. The zero-order valence-corrected chi connectivity index (χ0v) is 15.2. The zero-order chi connectivity index (χ0) is 21.0. The number of carbonyl (C=O) groups excluding carboxylic acids is 1. The number of halogens is 3. The lowest BCUT2D eigenvalue weighted by atomic mass is 10.1. The van der Waals surface area contributed by atoms with E-state index in [1.165, 1.54) is 43.3 Å². The number of ether oxygens (including phenoxy) is 4. The van der Waals surface area contributed by atoms with Gasteiger partial charge in [-0.1, -0.05) is 6.07 Å². The summed E-state index contributed by atoms with van der Waals surface area (Å²) in [5.74, 6) is -0.492. The molecule has 1 aliphatic heterocycles. The Morgan fingerprint density at radius 1 is 1.10 bits per heavy atom. The fourth-order valence-corrected chi connectivity index (χ4v) is 2.62. The fourth-order valence-electron chi connectivity index (χ4n) is 2.62. The van der Waals surface area contributed by atoms with Crippen LogP contribution in [-0.2, 0) is 9.53 Å². The molecule has 0 aromatic heterocycles. The minimum atomic E-state index is -4.84. The van der Waals surface area contributed by atoms with Gasteiger partial charge in [-0.3, -0.25) is 0 Å². The van der Waals surface area contributed by atoms with Crippen LogP contribution in [0.3, 0.4) is 0 Å². The number of hydrogen-bond donors (Lipinski definition) is 0. The van der Waals surface area contributed by atoms with E-state index in [9.17, 15) is 18.0 Å². The van der Waals surface area contributed by atoms with Crippen LogP contribution in [0.25, 0.3) is 0 Å². The van der Waals surface area contributed by atoms with Crippen LogP contribution in [0, 0.1) is 11.3 Å². The molecule has 0 saturated carbocycles. The first-order valence-corrected chi connectivity index (χ1v) is 8.61. The second-order valence-corrected chi connectivity index (χ2v) is 6.16. The fraction of sp³-hybridized carbons (Fsp3) is 0.300. The second-order valence-electron chi connectivity index (χ2n) is 6.16. The molecule has 0 radical (unpaired) electrons. The van der Waals surface area contributed by atoms with Crippen LogP contribution in [-0.4, -0.2) is 31.5 Å². The lowest BCUT2D eigenvalue weighted by Gasteiger charge is -2.25. The van der Waals surface area contributed by atoms with Gasteiger partial charge >= 0.3 is 12.1 Å². The number of alkyl halides is 3. The summed E-state index contributed by atoms with van der Waals surface area (Å²) in [7, 11) is 0. The third-order valence-corrected chi connectivity index (χ3v) is 4.03. The molecule has 152 valence electrons. The Balaban J connectivity index is 1.74. The van der Waals surface area contributed by atoms with Crippen LogP contribution < -0.4 is 14.2 Å². The summed E-state index contributed by atoms with van der Waals surface area (Å²) in [6.07, 6.45) is -8.63. The molecule has 29 heavy (non-hydrogen) atoms. The first-order valence-electron chi connectivity index (χ1n) is 8.61. The van der Waals surface area contributed by atoms with Gasteiger partial charge in [0.25, 0.3) is 0 Å². The highest BCUT2D eigenvalue weighted by Gasteiger charge is 2.45. The summed E-state index contributed by atoms with van der Waals surface area (Å²) in [6.45, 7) is 1.79. The Hall–Kier alpha value is -3.41. The maximum atomic E-state index is 13.6. The Bertz CT molecular complexity index is 921. The molecule has 0 amide bonds. The van der Waals surface area contributed by atoms with E-state index < -0.39 is 24.4 Å². The van der Waals surface area contributed by atoms with Crippen molar-refractivity contribution in [3.8, 4) is 23.3 Å². The smallest absolute Gasteiger partial charge is 0.429 e. The lowest BCUT2D eigenvalue weighted by molar-refractivity contribution is -0.227. The van der Waals surface area contributed by atoms with E-state index in [4.69, 9.17) is 24.2 Å². The molecule has 6 nitrogen and oxygen atoms in total. The lowest BCUT2D eigenvalue weighted by Crippen LogP contribution is -2.33. The highest BCUT2D eigenvalue weighted by Crippen LogP contribution is 2.40. The summed E-state index contributed by atoms with van der Waals surface area (Å²) in [4.78, 5) is 12.2. The van der Waals surface area contributed by atoms with E-state index in [2.05, 4.69) is 0 Å². The molecule has 0 fully saturated rings. The number of fused-ring (bicyclic) bond motifs is 1. The molecule has 0 aliphatic carbocycles. The molecule has 3 rings (SSSR count). The van der Waals surface area contributed by atoms with Crippen molar-refractivity contribution in [3.63, 3.8) is 0 Å². The number of carbonyl (C=O) groups is 1. The van der Waals surface area contributed by atoms with Gasteiger partial charge in [-0.25, -0.2) is 4.79 Å². The van der Waals surface area contributed by atoms with E-state index in [0.29, 0.717) is 17.9 Å². The Morgan fingerprint density at radius 3 is 2.38 bits per heavy atom. The quantitative estimate of drug-likeness (QED) is 0.699. The molecule has 0 spiro atoms. The van der Waals surface area contributed by atoms with Gasteiger partial charge in [0.2, 0.25) is 6.10 Å². The predicted molar refractivity (Wildman–Crippen MR) is 93.6 cm³/mol. The Kier molecular flexibility index (Phi) is 5.82. The van der Waals surface area contributed by atoms with Gasteiger partial charge in [-0.05, 0) is 43.3 Å². The first kappa shape index (κ1) is 20.3. The van der Waals surface area contributed by atoms with Crippen molar-refractivity contribution in [2.24, 2.45) is 0 Å². The van der Waals surface area contributed by atoms with Gasteiger partial charge in [0.05, 0.1) is 11.6 Å². The number of nitriles is 1. The summed E-state index contributed by atoms with van der Waals surface area (Å²) >= 11 is 0. The van der Waals surface area contributed by atoms with E-state index in [1.54, 1.807) is 0 Å². The molecule has 0 saturated heterocycles. The Morgan fingerprint density at radius 2 is 1.76 bits per heavy atom. The third kappa shape index (κ3) is 4.90. The van der Waals surface area contributed by atoms with E-state index >= 15 is 0 Å². The summed E-state index contributed by atoms with van der Waals surface area (Å²) in [5, 5.41) is 8.77. The van der Waals surface area contributed by atoms with Gasteiger partial charge in [0, 0.05) is 5.56 Å². The second kappa shape index (κ2) is 8.31. The van der Waals surface area contributed by atoms with Crippen LogP contribution in [0.2, 0.25) is 0 Å². The molecular weight excluding hydrogens is 391 g/mol. The van der Waals surface area contributed by atoms with E-state index in [0.717, 1.165) is 6.07 Å². The maximum absolute atomic E-state index is 13.6. The number of esters is 1. The number of benzene rings is 2. The van der Waals surface area contributed by atoms with Crippen LogP contribution in [0.5, 0.6) is 17.2 Å². The minimum Gasteiger partial charge on any atom is -0.486 e. The average molecular weight is 407 g/mol. The Labute approximate surface area is 164 Å². The SMILES string of the molecule is CC(Oc1ccc(C#N)cc1)C(=O)OC(c1ccc2c(c1)OCCO2)C(F)(F)F. The monoisotopic (exact) mass is 407 g/mol. The standard InChI is InChI=1S/C20H16F3NO5/c1-12(28-15-5-2-13(11-24)3-6-15)19(25)29-18(20(21,22)23)14-4-7-16-17(10-14)27-9-8-26-16/h2-7,10,12,18H,8-9H2,1H3. The van der Waals surface area contributed by atoms with E-state index in [1.807, 2.05) is 6.07 Å². The largest absolute Gasteiger partial charge is 0.486 e. The average Bonchev–Trinajstić information content (AvgIpc) is 2.71. The molecule has 0 bridgehead atoms. The zero-order valence-electron chi connectivity index (χ0n) is 15.2. The van der Waals surface area contributed by atoms with Crippen molar-refractivity contribution in [2.45, 2.75) is 25.3 Å². The summed E-state index contributed by atoms with van der Waals surface area (Å²) in [5.41, 5.74) is 0.0870.